The maximum atomic E-state index is 12.5. The van der Waals surface area contributed by atoms with Crippen molar-refractivity contribution in [3.05, 3.63) is 94.3 Å². The third-order valence-electron chi connectivity index (χ3n) is 4.55. The zero-order chi connectivity index (χ0) is 20.4. The van der Waals surface area contributed by atoms with E-state index >= 15 is 0 Å². The molecule has 0 fully saturated rings. The number of carbonyl (C=O) groups excluding carboxylic acids is 1. The number of nitrogens with one attached hydrogen (secondary N) is 3. The molecule has 0 saturated heterocycles. The van der Waals surface area contributed by atoms with E-state index in [9.17, 15) is 9.59 Å². The third-order valence-corrected chi connectivity index (χ3v) is 4.55. The number of nitrogens with two attached hydrogens (primary N) is 1. The van der Waals surface area contributed by atoms with E-state index in [-0.39, 0.29) is 29.7 Å². The molecule has 3 aromatic carbocycles. The van der Waals surface area contributed by atoms with Gasteiger partial charge in [-0.25, -0.2) is 5.10 Å². The summed E-state index contributed by atoms with van der Waals surface area (Å²) in [6.45, 7) is 0. The molecule has 7 nitrogen and oxygen atoms in total. The lowest BCUT2D eigenvalue weighted by Crippen LogP contribution is -2.14. The molecule has 150 valence electrons. The van der Waals surface area contributed by atoms with Crippen LogP contribution in [0.25, 0.3) is 22.0 Å². The van der Waals surface area contributed by atoms with Crippen LogP contribution in [0.1, 0.15) is 15.9 Å². The Bertz CT molecular complexity index is 1300. The zero-order valence-corrected chi connectivity index (χ0v) is 16.5. The lowest BCUT2D eigenvalue weighted by molar-refractivity contribution is 0.102. The van der Waals surface area contributed by atoms with E-state index in [1.807, 2.05) is 24.3 Å². The highest BCUT2D eigenvalue weighted by Gasteiger charge is 2.11. The van der Waals surface area contributed by atoms with Crippen LogP contribution in [-0.2, 0) is 0 Å². The molecule has 4 rings (SSSR count). The van der Waals surface area contributed by atoms with Gasteiger partial charge in [-0.05, 0) is 30.3 Å². The molecule has 0 atom stereocenters. The number of carbonyl (C=O) groups is 1. The molecule has 0 aliphatic heterocycles. The van der Waals surface area contributed by atoms with Crippen LogP contribution in [0.4, 0.5) is 5.69 Å². The van der Waals surface area contributed by atoms with Crippen molar-refractivity contribution in [2.24, 2.45) is 5.73 Å². The van der Waals surface area contributed by atoms with Gasteiger partial charge in [-0.1, -0.05) is 42.5 Å². The Morgan fingerprint density at radius 1 is 0.933 bits per heavy atom. The number of amidine groups is 1. The van der Waals surface area contributed by atoms with E-state index in [4.69, 9.17) is 11.1 Å². The molecule has 0 aliphatic rings. The number of H-pyrrole nitrogens is 1. The van der Waals surface area contributed by atoms with Crippen molar-refractivity contribution in [3.63, 3.8) is 0 Å². The average molecular weight is 420 g/mol. The fourth-order valence-electron chi connectivity index (χ4n) is 3.08. The van der Waals surface area contributed by atoms with Crippen LogP contribution in [0.5, 0.6) is 0 Å². The van der Waals surface area contributed by atoms with E-state index in [1.165, 1.54) is 0 Å². The molecular formula is C22H18ClN5O2. The van der Waals surface area contributed by atoms with E-state index in [0.29, 0.717) is 27.9 Å². The Morgan fingerprint density at radius 2 is 1.60 bits per heavy atom. The standard InChI is InChI=1S/C22H17N5O2.ClH/c23-20(24)13-8-10-14(11-9-13)21(28)25-16-5-3-4-15(12-16)19-17-6-1-2-7-18(17)22(29)27-26-19;/h1-12H,(H3,23,24)(H,25,28)(H,27,29);1H. The Morgan fingerprint density at radius 3 is 2.30 bits per heavy atom. The topological polar surface area (TPSA) is 125 Å². The number of aromatic amines is 1. The predicted octanol–water partition coefficient (Wildman–Crippen LogP) is 3.55. The fourth-order valence-corrected chi connectivity index (χ4v) is 3.08. The molecule has 30 heavy (non-hydrogen) atoms. The second-order valence-corrected chi connectivity index (χ2v) is 6.47. The summed E-state index contributed by atoms with van der Waals surface area (Å²) in [7, 11) is 0. The molecule has 0 bridgehead atoms. The van der Waals surface area contributed by atoms with Crippen molar-refractivity contribution in [2.75, 3.05) is 5.32 Å². The van der Waals surface area contributed by atoms with Gasteiger partial charge in [-0.15, -0.1) is 12.4 Å². The van der Waals surface area contributed by atoms with Crippen molar-refractivity contribution in [1.82, 2.24) is 10.2 Å². The summed E-state index contributed by atoms with van der Waals surface area (Å²) in [5, 5.41) is 18.3. The highest BCUT2D eigenvalue weighted by molar-refractivity contribution is 6.05. The van der Waals surface area contributed by atoms with Crippen LogP contribution < -0.4 is 16.6 Å². The van der Waals surface area contributed by atoms with Crippen LogP contribution in [0.15, 0.2) is 77.6 Å². The van der Waals surface area contributed by atoms with Crippen molar-refractivity contribution < 1.29 is 4.79 Å². The Kier molecular flexibility index (Phi) is 5.94. The Balaban J connectivity index is 0.00000256. The lowest BCUT2D eigenvalue weighted by Gasteiger charge is -2.09. The van der Waals surface area contributed by atoms with Crippen LogP contribution in [0.2, 0.25) is 0 Å². The van der Waals surface area contributed by atoms with Gasteiger partial charge in [0.2, 0.25) is 0 Å². The summed E-state index contributed by atoms with van der Waals surface area (Å²) >= 11 is 0. The molecule has 0 saturated carbocycles. The number of nitrogen functional groups attached to an aromatic ring is 1. The molecular weight excluding hydrogens is 402 g/mol. The number of fused-ring (bicyclic) bond motifs is 1. The van der Waals surface area contributed by atoms with Crippen LogP contribution in [0.3, 0.4) is 0 Å². The molecule has 4 aromatic rings. The number of anilines is 1. The number of hydrogen-bond donors (Lipinski definition) is 4. The average Bonchev–Trinajstić information content (AvgIpc) is 2.74. The summed E-state index contributed by atoms with van der Waals surface area (Å²) in [5.41, 5.74) is 8.19. The van der Waals surface area contributed by atoms with Gasteiger partial charge < -0.3 is 11.1 Å². The van der Waals surface area contributed by atoms with Crippen LogP contribution >= 0.6 is 12.4 Å². The maximum Gasteiger partial charge on any atom is 0.272 e. The van der Waals surface area contributed by atoms with Crippen molar-refractivity contribution in [2.45, 2.75) is 0 Å². The highest BCUT2D eigenvalue weighted by atomic mass is 35.5. The predicted molar refractivity (Wildman–Crippen MR) is 120 cm³/mol. The molecule has 8 heteroatoms. The van der Waals surface area contributed by atoms with E-state index in [2.05, 4.69) is 15.5 Å². The normalized spacial score (nSPS) is 10.3. The van der Waals surface area contributed by atoms with Crippen molar-refractivity contribution in [3.8, 4) is 11.3 Å². The minimum atomic E-state index is -0.281. The van der Waals surface area contributed by atoms with Gasteiger partial charge in [0.05, 0.1) is 11.1 Å². The number of hydrogen-bond acceptors (Lipinski definition) is 4. The SMILES string of the molecule is Cl.N=C(N)c1ccc(C(=O)Nc2cccc(-c3n[nH]c(=O)c4ccccc34)c2)cc1. The van der Waals surface area contributed by atoms with Crippen molar-refractivity contribution in [1.29, 1.82) is 5.41 Å². The zero-order valence-electron chi connectivity index (χ0n) is 15.7. The number of rotatable bonds is 4. The summed E-state index contributed by atoms with van der Waals surface area (Å²) in [6, 6.07) is 21.0. The number of benzene rings is 3. The Hall–Kier alpha value is -3.97. The van der Waals surface area contributed by atoms with Gasteiger partial charge >= 0.3 is 0 Å². The van der Waals surface area contributed by atoms with Crippen molar-refractivity contribution >= 4 is 40.6 Å². The number of nitrogens with zero attached hydrogens (tertiary/aromatic N) is 1. The van der Waals surface area contributed by atoms with Gasteiger partial charge in [-0.2, -0.15) is 5.10 Å². The van der Waals surface area contributed by atoms with E-state index in [1.54, 1.807) is 48.5 Å². The first-order chi connectivity index (χ1) is 14.0. The summed E-state index contributed by atoms with van der Waals surface area (Å²) in [6.07, 6.45) is 0. The second kappa shape index (κ2) is 8.59. The summed E-state index contributed by atoms with van der Waals surface area (Å²) in [5.74, 6) is -0.332. The van der Waals surface area contributed by atoms with Gasteiger partial charge in [-0.3, -0.25) is 15.0 Å². The Labute approximate surface area is 177 Å². The largest absolute Gasteiger partial charge is 0.384 e. The molecule has 0 unspecified atom stereocenters. The molecule has 0 aliphatic carbocycles. The molecule has 1 aromatic heterocycles. The first kappa shape index (κ1) is 20.8. The van der Waals surface area contributed by atoms with Gasteiger partial charge in [0.15, 0.2) is 0 Å². The maximum absolute atomic E-state index is 12.5. The van der Waals surface area contributed by atoms with Crippen LogP contribution in [-0.4, -0.2) is 21.9 Å². The van der Waals surface area contributed by atoms with Gasteiger partial charge in [0.25, 0.3) is 11.5 Å². The summed E-state index contributed by atoms with van der Waals surface area (Å²) in [4.78, 5) is 24.5. The number of aromatic nitrogens is 2. The molecule has 1 heterocycles. The highest BCUT2D eigenvalue weighted by Crippen LogP contribution is 2.26. The summed E-state index contributed by atoms with van der Waals surface area (Å²) < 4.78 is 0. The first-order valence-electron chi connectivity index (χ1n) is 8.86. The van der Waals surface area contributed by atoms with E-state index < -0.39 is 0 Å². The van der Waals surface area contributed by atoms with E-state index in [0.717, 1.165) is 10.9 Å². The minimum Gasteiger partial charge on any atom is -0.384 e. The second-order valence-electron chi connectivity index (χ2n) is 6.47. The first-order valence-corrected chi connectivity index (χ1v) is 8.86. The quantitative estimate of drug-likeness (QED) is 0.298. The molecule has 0 spiro atoms. The third kappa shape index (κ3) is 4.06. The monoisotopic (exact) mass is 419 g/mol. The molecule has 0 radical (unpaired) electrons. The number of amides is 1. The fraction of sp³-hybridized carbons (Fsp3) is 0. The smallest absolute Gasteiger partial charge is 0.272 e. The van der Waals surface area contributed by atoms with Gasteiger partial charge in [0, 0.05) is 27.8 Å². The van der Waals surface area contributed by atoms with Crippen LogP contribution in [0, 0.1) is 5.41 Å². The van der Waals surface area contributed by atoms with Gasteiger partial charge in [0.1, 0.15) is 5.84 Å². The molecule has 1 amide bonds. The lowest BCUT2D eigenvalue weighted by atomic mass is 10.0. The molecule has 5 N–H and O–H groups in total. The number of halogens is 1. The minimum absolute atomic E-state index is 0.